The average Bonchev–Trinajstić information content (AvgIpc) is 3.11. The summed E-state index contributed by atoms with van der Waals surface area (Å²) in [5, 5.41) is 10.8. The van der Waals surface area contributed by atoms with E-state index in [1.165, 1.54) is 50.0 Å². The predicted octanol–water partition coefficient (Wildman–Crippen LogP) is 3.87. The first kappa shape index (κ1) is 14.8. The van der Waals surface area contributed by atoms with Gasteiger partial charge in [-0.25, -0.2) is 0 Å². The van der Waals surface area contributed by atoms with Crippen LogP contribution >= 0.6 is 11.8 Å². The van der Waals surface area contributed by atoms with Crippen molar-refractivity contribution in [3.8, 4) is 0 Å². The third-order valence-electron chi connectivity index (χ3n) is 6.91. The maximum atomic E-state index is 10.8. The Morgan fingerprint density at radius 2 is 2.00 bits per heavy atom. The van der Waals surface area contributed by atoms with Crippen LogP contribution in [0.25, 0.3) is 0 Å². The van der Waals surface area contributed by atoms with E-state index in [1.807, 2.05) is 0 Å². The lowest BCUT2D eigenvalue weighted by molar-refractivity contribution is -0.123. The van der Waals surface area contributed by atoms with E-state index in [0.29, 0.717) is 5.92 Å². The van der Waals surface area contributed by atoms with Crippen LogP contribution in [-0.2, 0) is 4.74 Å². The second-order valence-electron chi connectivity index (χ2n) is 8.13. The van der Waals surface area contributed by atoms with Crippen molar-refractivity contribution >= 4 is 11.8 Å². The molecule has 2 heterocycles. The number of thioether (sulfide) groups is 1. The van der Waals surface area contributed by atoms with E-state index >= 15 is 0 Å². The Hall–Kier alpha value is 0.270. The Morgan fingerprint density at radius 3 is 2.71 bits per heavy atom. The van der Waals surface area contributed by atoms with Crippen molar-refractivity contribution in [1.82, 2.24) is 0 Å². The van der Waals surface area contributed by atoms with Gasteiger partial charge in [0.15, 0.2) is 0 Å². The zero-order chi connectivity index (χ0) is 14.3. The number of hydrogen-bond donors (Lipinski definition) is 1. The monoisotopic (exact) mass is 310 g/mol. The molecule has 0 aromatic heterocycles. The standard InChI is InChI=1S/C18H30O2S/c19-17(11-16-10-13-1-2-14(16)9-13)15-3-6-20-18(12-15)4-7-21-8-5-18/h13-17,19H,1-12H2. The summed E-state index contributed by atoms with van der Waals surface area (Å²) in [5.41, 5.74) is 0.129. The van der Waals surface area contributed by atoms with Crippen molar-refractivity contribution in [2.75, 3.05) is 18.1 Å². The molecule has 0 aromatic rings. The maximum Gasteiger partial charge on any atom is 0.0701 e. The predicted molar refractivity (Wildman–Crippen MR) is 87.5 cm³/mol. The van der Waals surface area contributed by atoms with Gasteiger partial charge < -0.3 is 9.84 Å². The number of ether oxygens (including phenoxy) is 1. The van der Waals surface area contributed by atoms with Crippen molar-refractivity contribution < 1.29 is 9.84 Å². The minimum Gasteiger partial charge on any atom is -0.393 e. The van der Waals surface area contributed by atoms with E-state index in [2.05, 4.69) is 11.8 Å². The van der Waals surface area contributed by atoms with Crippen LogP contribution in [0.2, 0.25) is 0 Å². The van der Waals surface area contributed by atoms with Crippen LogP contribution in [-0.4, -0.2) is 34.9 Å². The Labute approximate surface area is 133 Å². The maximum absolute atomic E-state index is 10.8. The molecule has 2 saturated heterocycles. The van der Waals surface area contributed by atoms with Gasteiger partial charge in [0.25, 0.3) is 0 Å². The summed E-state index contributed by atoms with van der Waals surface area (Å²) >= 11 is 2.06. The molecule has 21 heavy (non-hydrogen) atoms. The first-order valence-electron chi connectivity index (χ1n) is 9.14. The van der Waals surface area contributed by atoms with Crippen molar-refractivity contribution in [3.63, 3.8) is 0 Å². The van der Waals surface area contributed by atoms with Gasteiger partial charge in [-0.2, -0.15) is 11.8 Å². The lowest BCUT2D eigenvalue weighted by Crippen LogP contribution is -2.45. The van der Waals surface area contributed by atoms with Crippen molar-refractivity contribution in [1.29, 1.82) is 0 Å². The van der Waals surface area contributed by atoms with E-state index in [1.54, 1.807) is 0 Å². The molecule has 1 spiro atoms. The van der Waals surface area contributed by atoms with Gasteiger partial charge in [0, 0.05) is 6.61 Å². The zero-order valence-corrected chi connectivity index (χ0v) is 14.0. The first-order chi connectivity index (χ1) is 10.2. The van der Waals surface area contributed by atoms with E-state index in [-0.39, 0.29) is 11.7 Å². The second-order valence-corrected chi connectivity index (χ2v) is 9.36. The molecule has 2 aliphatic carbocycles. The van der Waals surface area contributed by atoms with Gasteiger partial charge in [-0.1, -0.05) is 6.42 Å². The molecule has 4 rings (SSSR count). The average molecular weight is 311 g/mol. The fourth-order valence-corrected chi connectivity index (χ4v) is 6.89. The minimum atomic E-state index is -0.0651. The number of fused-ring (bicyclic) bond motifs is 2. The molecule has 2 bridgehead atoms. The van der Waals surface area contributed by atoms with E-state index < -0.39 is 0 Å². The number of rotatable bonds is 3. The lowest BCUT2D eigenvalue weighted by atomic mass is 9.75. The minimum absolute atomic E-state index is 0.0651. The molecular weight excluding hydrogens is 280 g/mol. The molecule has 5 unspecified atom stereocenters. The van der Waals surface area contributed by atoms with Crippen molar-refractivity contribution in [2.45, 2.75) is 69.5 Å². The molecule has 5 atom stereocenters. The van der Waals surface area contributed by atoms with Gasteiger partial charge in [-0.15, -0.1) is 0 Å². The van der Waals surface area contributed by atoms with Crippen LogP contribution < -0.4 is 0 Å². The smallest absolute Gasteiger partial charge is 0.0701 e. The largest absolute Gasteiger partial charge is 0.393 e. The molecule has 1 N–H and O–H groups in total. The van der Waals surface area contributed by atoms with Crippen LogP contribution in [0.15, 0.2) is 0 Å². The molecule has 2 saturated carbocycles. The molecule has 120 valence electrons. The summed E-state index contributed by atoms with van der Waals surface area (Å²) in [6, 6.07) is 0. The van der Waals surface area contributed by atoms with E-state index in [4.69, 9.17) is 4.74 Å². The highest BCUT2D eigenvalue weighted by molar-refractivity contribution is 7.99. The van der Waals surface area contributed by atoms with Crippen LogP contribution in [0.4, 0.5) is 0 Å². The summed E-state index contributed by atoms with van der Waals surface area (Å²) in [7, 11) is 0. The molecule has 0 amide bonds. The lowest BCUT2D eigenvalue weighted by Gasteiger charge is -2.45. The highest BCUT2D eigenvalue weighted by Crippen LogP contribution is 2.51. The van der Waals surface area contributed by atoms with Gasteiger partial charge in [-0.3, -0.25) is 0 Å². The fourth-order valence-electron chi connectivity index (χ4n) is 5.65. The third kappa shape index (κ3) is 3.03. The van der Waals surface area contributed by atoms with Crippen LogP contribution in [0.1, 0.15) is 57.8 Å². The summed E-state index contributed by atoms with van der Waals surface area (Å²) in [5.74, 6) is 5.78. The Bertz CT molecular complexity index is 361. The van der Waals surface area contributed by atoms with Gasteiger partial charge in [-0.05, 0) is 86.5 Å². The number of aliphatic hydroxyl groups excluding tert-OH is 1. The summed E-state index contributed by atoms with van der Waals surface area (Å²) < 4.78 is 6.18. The summed E-state index contributed by atoms with van der Waals surface area (Å²) in [6.07, 6.45) is 11.4. The van der Waals surface area contributed by atoms with Gasteiger partial charge in [0.05, 0.1) is 11.7 Å². The number of aliphatic hydroxyl groups is 1. The zero-order valence-electron chi connectivity index (χ0n) is 13.1. The van der Waals surface area contributed by atoms with Gasteiger partial charge >= 0.3 is 0 Å². The SMILES string of the molecule is OC(CC1CC2CCC1C2)C1CCOC2(CCSCC2)C1. The Morgan fingerprint density at radius 1 is 1.14 bits per heavy atom. The van der Waals surface area contributed by atoms with Gasteiger partial charge in [0.1, 0.15) is 0 Å². The second kappa shape index (κ2) is 6.05. The molecule has 2 nitrogen and oxygen atoms in total. The quantitative estimate of drug-likeness (QED) is 0.858. The van der Waals surface area contributed by atoms with Crippen LogP contribution in [0.5, 0.6) is 0 Å². The molecule has 4 aliphatic rings. The highest BCUT2D eigenvalue weighted by Gasteiger charge is 2.44. The van der Waals surface area contributed by atoms with Crippen molar-refractivity contribution in [2.24, 2.45) is 23.7 Å². The summed E-state index contributed by atoms with van der Waals surface area (Å²) in [6.45, 7) is 0.878. The van der Waals surface area contributed by atoms with Gasteiger partial charge in [0.2, 0.25) is 0 Å². The fraction of sp³-hybridized carbons (Fsp3) is 1.00. The Kier molecular flexibility index (Phi) is 4.27. The highest BCUT2D eigenvalue weighted by atomic mass is 32.2. The first-order valence-corrected chi connectivity index (χ1v) is 10.3. The summed E-state index contributed by atoms with van der Waals surface area (Å²) in [4.78, 5) is 0. The van der Waals surface area contributed by atoms with Crippen LogP contribution in [0.3, 0.4) is 0 Å². The van der Waals surface area contributed by atoms with E-state index in [9.17, 15) is 5.11 Å². The van der Waals surface area contributed by atoms with Crippen LogP contribution in [0, 0.1) is 23.7 Å². The molecule has 0 radical (unpaired) electrons. The Balaban J connectivity index is 1.34. The third-order valence-corrected chi connectivity index (χ3v) is 7.89. The molecule has 2 aliphatic heterocycles. The topological polar surface area (TPSA) is 29.5 Å². The molecular formula is C18H30O2S. The molecule has 4 fully saturated rings. The number of hydrogen-bond acceptors (Lipinski definition) is 3. The van der Waals surface area contributed by atoms with E-state index in [0.717, 1.165) is 43.6 Å². The van der Waals surface area contributed by atoms with Crippen molar-refractivity contribution in [3.05, 3.63) is 0 Å². The molecule has 0 aromatic carbocycles. The molecule has 3 heteroatoms. The normalized spacial score (nSPS) is 43.3.